The largest absolute Gasteiger partial charge is 0.348 e. The monoisotopic (exact) mass is 422 g/mol. The second-order valence-electron chi connectivity index (χ2n) is 9.59. The van der Waals surface area contributed by atoms with Gasteiger partial charge in [-0.15, -0.1) is 0 Å². The summed E-state index contributed by atoms with van der Waals surface area (Å²) in [4.78, 5) is 35.0. The van der Waals surface area contributed by atoms with Crippen molar-refractivity contribution in [1.82, 2.24) is 24.8 Å². The molecule has 3 aliphatic rings. The molecule has 1 saturated heterocycles. The van der Waals surface area contributed by atoms with Gasteiger partial charge in [0.2, 0.25) is 5.91 Å². The van der Waals surface area contributed by atoms with Gasteiger partial charge in [0.05, 0.1) is 6.54 Å². The lowest BCUT2D eigenvalue weighted by molar-refractivity contribution is -0.119. The number of aromatic amines is 1. The second-order valence-corrected chi connectivity index (χ2v) is 9.59. The molecule has 31 heavy (non-hydrogen) atoms. The summed E-state index contributed by atoms with van der Waals surface area (Å²) >= 11 is 0. The number of nitrogens with zero attached hydrogens (tertiary/aromatic N) is 5. The summed E-state index contributed by atoms with van der Waals surface area (Å²) in [6.45, 7) is 5.78. The molecule has 4 heterocycles. The zero-order valence-electron chi connectivity index (χ0n) is 18.6. The summed E-state index contributed by atoms with van der Waals surface area (Å²) in [6.07, 6.45) is 13.7. The van der Waals surface area contributed by atoms with Gasteiger partial charge in [0.25, 0.3) is 0 Å². The van der Waals surface area contributed by atoms with Gasteiger partial charge in [-0.1, -0.05) is 19.3 Å². The van der Waals surface area contributed by atoms with Crippen molar-refractivity contribution in [2.75, 3.05) is 24.5 Å². The van der Waals surface area contributed by atoms with Gasteiger partial charge >= 0.3 is 0 Å². The minimum atomic E-state index is 0.241. The number of piperidine rings is 1. The molecule has 1 amide bonds. The van der Waals surface area contributed by atoms with Gasteiger partial charge in [-0.05, 0) is 51.5 Å². The Labute approximate surface area is 184 Å². The van der Waals surface area contributed by atoms with Crippen molar-refractivity contribution in [3.05, 3.63) is 35.3 Å². The first-order chi connectivity index (χ1) is 15.2. The Bertz CT molecular complexity index is 905. The van der Waals surface area contributed by atoms with Crippen molar-refractivity contribution < 1.29 is 4.79 Å². The number of carbonyl (C=O) groups is 1. The molecule has 0 bridgehead atoms. The van der Waals surface area contributed by atoms with Crippen molar-refractivity contribution >= 4 is 11.7 Å². The number of carbonyl (C=O) groups excluding carboxylic acids is 1. The second kappa shape index (κ2) is 9.07. The van der Waals surface area contributed by atoms with E-state index in [-0.39, 0.29) is 5.91 Å². The molecular weight excluding hydrogens is 388 g/mol. The Morgan fingerprint density at radius 2 is 1.97 bits per heavy atom. The van der Waals surface area contributed by atoms with E-state index >= 15 is 0 Å². The van der Waals surface area contributed by atoms with Crippen LogP contribution in [0.2, 0.25) is 0 Å². The topological polar surface area (TPSA) is 78.0 Å². The lowest BCUT2D eigenvalue weighted by Crippen LogP contribution is -2.41. The zero-order valence-corrected chi connectivity index (χ0v) is 18.6. The van der Waals surface area contributed by atoms with Gasteiger partial charge < -0.3 is 4.98 Å². The van der Waals surface area contributed by atoms with Crippen molar-refractivity contribution in [3.8, 4) is 0 Å². The van der Waals surface area contributed by atoms with Gasteiger partial charge in [-0.25, -0.2) is 15.0 Å². The quantitative estimate of drug-likeness (QED) is 0.794. The molecule has 7 heteroatoms. The van der Waals surface area contributed by atoms with E-state index in [0.29, 0.717) is 18.3 Å². The molecule has 2 aromatic heterocycles. The Kier molecular flexibility index (Phi) is 6.03. The van der Waals surface area contributed by atoms with Crippen LogP contribution in [-0.4, -0.2) is 50.4 Å². The van der Waals surface area contributed by atoms with Crippen molar-refractivity contribution in [3.63, 3.8) is 0 Å². The van der Waals surface area contributed by atoms with E-state index in [4.69, 9.17) is 9.97 Å². The smallest absolute Gasteiger partial charge is 0.228 e. The molecular formula is C24H34N6O. The number of amides is 1. The maximum absolute atomic E-state index is 12.9. The average molecular weight is 423 g/mol. The third-order valence-electron chi connectivity index (χ3n) is 7.32. The van der Waals surface area contributed by atoms with E-state index in [1.807, 2.05) is 17.3 Å². The summed E-state index contributed by atoms with van der Waals surface area (Å²) in [5.74, 6) is 4.00. The molecule has 166 valence electrons. The molecule has 2 aliphatic heterocycles. The maximum Gasteiger partial charge on any atom is 0.228 e. The first-order valence-corrected chi connectivity index (χ1v) is 12.1. The third kappa shape index (κ3) is 4.52. The van der Waals surface area contributed by atoms with E-state index in [0.717, 1.165) is 68.6 Å². The minimum Gasteiger partial charge on any atom is -0.348 e. The summed E-state index contributed by atoms with van der Waals surface area (Å²) in [5, 5.41) is 0. The number of imidazole rings is 1. The fourth-order valence-electron chi connectivity index (χ4n) is 5.61. The predicted octanol–water partition coefficient (Wildman–Crippen LogP) is 3.75. The van der Waals surface area contributed by atoms with Gasteiger partial charge in [-0.3, -0.25) is 14.6 Å². The van der Waals surface area contributed by atoms with Crippen LogP contribution < -0.4 is 4.90 Å². The van der Waals surface area contributed by atoms with Gasteiger partial charge in [0.15, 0.2) is 0 Å². The van der Waals surface area contributed by atoms with Gasteiger partial charge in [0, 0.05) is 49.1 Å². The highest BCUT2D eigenvalue weighted by Crippen LogP contribution is 2.34. The molecule has 0 radical (unpaired) electrons. The van der Waals surface area contributed by atoms with Crippen LogP contribution in [0.4, 0.5) is 5.82 Å². The summed E-state index contributed by atoms with van der Waals surface area (Å²) in [5.41, 5.74) is 2.24. The van der Waals surface area contributed by atoms with Crippen molar-refractivity contribution in [2.24, 2.45) is 5.92 Å². The van der Waals surface area contributed by atoms with Crippen molar-refractivity contribution in [2.45, 2.75) is 77.2 Å². The number of anilines is 1. The van der Waals surface area contributed by atoms with Crippen molar-refractivity contribution in [1.29, 1.82) is 0 Å². The molecule has 1 saturated carbocycles. The Morgan fingerprint density at radius 1 is 1.10 bits per heavy atom. The van der Waals surface area contributed by atoms with E-state index in [2.05, 4.69) is 21.8 Å². The number of fused-ring (bicyclic) bond motifs is 1. The molecule has 7 nitrogen and oxygen atoms in total. The van der Waals surface area contributed by atoms with Crippen LogP contribution in [0.3, 0.4) is 0 Å². The molecule has 1 aliphatic carbocycles. The summed E-state index contributed by atoms with van der Waals surface area (Å²) in [6, 6.07) is 0. The molecule has 0 spiro atoms. The summed E-state index contributed by atoms with van der Waals surface area (Å²) < 4.78 is 0. The number of rotatable bonds is 5. The lowest BCUT2D eigenvalue weighted by Gasteiger charge is -2.35. The fourth-order valence-corrected chi connectivity index (χ4v) is 5.61. The third-order valence-corrected chi connectivity index (χ3v) is 7.32. The number of aryl methyl sites for hydroxylation is 1. The Morgan fingerprint density at radius 3 is 2.77 bits per heavy atom. The van der Waals surface area contributed by atoms with Crippen LogP contribution in [0.5, 0.6) is 0 Å². The Balaban J connectivity index is 1.37. The number of nitrogens with one attached hydrogen (secondary N) is 1. The maximum atomic E-state index is 12.9. The molecule has 2 fully saturated rings. The molecule has 5 rings (SSSR count). The SMILES string of the molecule is Cc1nc([C@H]2CCCN(Cc3ncc[nH]3)C2)nc2c1CCC(=O)N2CC1CCCCC1. The number of aromatic nitrogens is 4. The number of hydrogen-bond donors (Lipinski definition) is 1. The molecule has 2 aromatic rings. The highest BCUT2D eigenvalue weighted by atomic mass is 16.2. The first kappa shape index (κ1) is 20.6. The Hall–Kier alpha value is -2.28. The van der Waals surface area contributed by atoms with Crippen LogP contribution in [-0.2, 0) is 17.8 Å². The summed E-state index contributed by atoms with van der Waals surface area (Å²) in [7, 11) is 0. The molecule has 1 N–H and O–H groups in total. The van der Waals surface area contributed by atoms with Crippen LogP contribution in [0, 0.1) is 12.8 Å². The average Bonchev–Trinajstić information content (AvgIpc) is 3.29. The number of H-pyrrole nitrogens is 1. The predicted molar refractivity (Wildman–Crippen MR) is 120 cm³/mol. The highest BCUT2D eigenvalue weighted by molar-refractivity contribution is 5.95. The normalized spacial score (nSPS) is 23.2. The van der Waals surface area contributed by atoms with Gasteiger partial charge in [0.1, 0.15) is 17.5 Å². The lowest BCUT2D eigenvalue weighted by atomic mass is 9.88. The number of hydrogen-bond acceptors (Lipinski definition) is 5. The van der Waals surface area contributed by atoms with E-state index < -0.39 is 0 Å². The number of likely N-dealkylation sites (tertiary alicyclic amines) is 1. The minimum absolute atomic E-state index is 0.241. The first-order valence-electron chi connectivity index (χ1n) is 12.1. The molecule has 0 unspecified atom stereocenters. The van der Waals surface area contributed by atoms with Crippen LogP contribution >= 0.6 is 0 Å². The zero-order chi connectivity index (χ0) is 21.2. The van der Waals surface area contributed by atoms with Crippen LogP contribution in [0.25, 0.3) is 0 Å². The van der Waals surface area contributed by atoms with Gasteiger partial charge in [-0.2, -0.15) is 0 Å². The van der Waals surface area contributed by atoms with E-state index in [1.54, 1.807) is 0 Å². The highest BCUT2D eigenvalue weighted by Gasteiger charge is 2.32. The standard InChI is InChI=1S/C24H34N6O/c1-17-20-9-10-22(31)30(14-18-6-3-2-4-7-18)24(20)28-23(27-17)19-8-5-13-29(15-19)16-21-25-11-12-26-21/h11-12,18-19H,2-10,13-16H2,1H3,(H,25,26)/t19-/m0/s1. The molecule has 1 atom stereocenters. The van der Waals surface area contributed by atoms with E-state index in [9.17, 15) is 4.79 Å². The molecule has 0 aromatic carbocycles. The van der Waals surface area contributed by atoms with E-state index in [1.165, 1.54) is 37.7 Å². The van der Waals surface area contributed by atoms with Crippen LogP contribution in [0.15, 0.2) is 12.4 Å². The van der Waals surface area contributed by atoms with Crippen LogP contribution in [0.1, 0.15) is 80.2 Å². The fraction of sp³-hybridized carbons (Fsp3) is 0.667.